The molecule has 20 heavy (non-hydrogen) atoms. The molecule has 1 aromatic heterocycles. The first-order valence-corrected chi connectivity index (χ1v) is 7.55. The summed E-state index contributed by atoms with van der Waals surface area (Å²) in [6.07, 6.45) is 1.13. The van der Waals surface area contributed by atoms with Crippen LogP contribution in [0, 0.1) is 0 Å². The highest BCUT2D eigenvalue weighted by atomic mass is 15.2. The second kappa shape index (κ2) is 6.68. The van der Waals surface area contributed by atoms with Crippen LogP contribution in [0.4, 0.5) is 0 Å². The van der Waals surface area contributed by atoms with Crippen molar-refractivity contribution in [1.82, 2.24) is 15.2 Å². The maximum atomic E-state index is 4.76. The summed E-state index contributed by atoms with van der Waals surface area (Å²) in [5.41, 5.74) is 2.59. The van der Waals surface area contributed by atoms with Crippen LogP contribution in [-0.2, 0) is 13.1 Å². The molecule has 1 aromatic rings. The average molecular weight is 277 g/mol. The molecule has 0 saturated carbocycles. The molecule has 0 aromatic carbocycles. The Kier molecular flexibility index (Phi) is 5.72. The van der Waals surface area contributed by atoms with Crippen molar-refractivity contribution in [3.05, 3.63) is 29.6 Å². The van der Waals surface area contributed by atoms with Crippen molar-refractivity contribution >= 4 is 0 Å². The number of nitrogens with one attached hydrogen (secondary N) is 1. The lowest BCUT2D eigenvalue weighted by atomic mass is 10.00. The van der Waals surface area contributed by atoms with Gasteiger partial charge in [0.05, 0.1) is 11.4 Å². The number of hydrogen-bond acceptors (Lipinski definition) is 3. The van der Waals surface area contributed by atoms with E-state index >= 15 is 0 Å². The molecule has 0 fully saturated rings. The van der Waals surface area contributed by atoms with E-state index in [1.54, 1.807) is 0 Å². The van der Waals surface area contributed by atoms with Gasteiger partial charge in [-0.1, -0.05) is 13.0 Å². The first-order chi connectivity index (χ1) is 9.14. The van der Waals surface area contributed by atoms with E-state index in [1.807, 2.05) is 0 Å². The van der Waals surface area contributed by atoms with Crippen molar-refractivity contribution < 1.29 is 0 Å². The Labute approximate surface area is 124 Å². The van der Waals surface area contributed by atoms with Crippen LogP contribution in [0.3, 0.4) is 0 Å². The summed E-state index contributed by atoms with van der Waals surface area (Å²) in [4.78, 5) is 7.13. The first kappa shape index (κ1) is 17.1. The number of hydrogen-bond donors (Lipinski definition) is 1. The van der Waals surface area contributed by atoms with Gasteiger partial charge in [0.25, 0.3) is 0 Å². The SMILES string of the molecule is CCC(C)(C)N(C)Cc1cccc(CNC(C)(C)C)n1. The van der Waals surface area contributed by atoms with Crippen molar-refractivity contribution in [2.45, 2.75) is 72.1 Å². The van der Waals surface area contributed by atoms with Crippen molar-refractivity contribution in [2.24, 2.45) is 0 Å². The van der Waals surface area contributed by atoms with Crippen LogP contribution in [0.25, 0.3) is 0 Å². The molecule has 0 amide bonds. The molecule has 0 saturated heterocycles. The Morgan fingerprint density at radius 3 is 2.25 bits per heavy atom. The second-order valence-electron chi connectivity index (χ2n) is 7.25. The number of rotatable bonds is 6. The van der Waals surface area contributed by atoms with Crippen molar-refractivity contribution in [3.8, 4) is 0 Å². The van der Waals surface area contributed by atoms with Crippen LogP contribution >= 0.6 is 0 Å². The Bertz CT molecular complexity index is 418. The van der Waals surface area contributed by atoms with Gasteiger partial charge in [-0.3, -0.25) is 9.88 Å². The largest absolute Gasteiger partial charge is 0.306 e. The minimum absolute atomic E-state index is 0.124. The van der Waals surface area contributed by atoms with Crippen LogP contribution in [0.1, 0.15) is 59.4 Å². The molecule has 0 aliphatic carbocycles. The number of pyridine rings is 1. The van der Waals surface area contributed by atoms with Crippen LogP contribution < -0.4 is 5.32 Å². The molecule has 1 N–H and O–H groups in total. The van der Waals surface area contributed by atoms with E-state index in [0.717, 1.165) is 30.9 Å². The molecular formula is C17H31N3. The topological polar surface area (TPSA) is 28.2 Å². The molecule has 3 nitrogen and oxygen atoms in total. The minimum Gasteiger partial charge on any atom is -0.306 e. The zero-order chi connectivity index (χ0) is 15.4. The first-order valence-electron chi connectivity index (χ1n) is 7.55. The van der Waals surface area contributed by atoms with Gasteiger partial charge in [0, 0.05) is 24.2 Å². The predicted octanol–water partition coefficient (Wildman–Crippen LogP) is 3.59. The fourth-order valence-electron chi connectivity index (χ4n) is 1.80. The summed E-state index contributed by atoms with van der Waals surface area (Å²) in [5, 5.41) is 3.48. The maximum absolute atomic E-state index is 4.76. The average Bonchev–Trinajstić information content (AvgIpc) is 2.36. The fourth-order valence-corrected chi connectivity index (χ4v) is 1.80. The van der Waals surface area contributed by atoms with E-state index < -0.39 is 0 Å². The minimum atomic E-state index is 0.124. The summed E-state index contributed by atoms with van der Waals surface area (Å²) in [6.45, 7) is 15.0. The van der Waals surface area contributed by atoms with E-state index in [1.165, 1.54) is 0 Å². The van der Waals surface area contributed by atoms with Crippen LogP contribution in [-0.4, -0.2) is 28.0 Å². The quantitative estimate of drug-likeness (QED) is 0.861. The second-order valence-corrected chi connectivity index (χ2v) is 7.25. The molecular weight excluding hydrogens is 246 g/mol. The monoisotopic (exact) mass is 277 g/mol. The van der Waals surface area contributed by atoms with Gasteiger partial charge >= 0.3 is 0 Å². The van der Waals surface area contributed by atoms with Gasteiger partial charge in [-0.05, 0) is 60.2 Å². The summed E-state index contributed by atoms with van der Waals surface area (Å²) >= 11 is 0. The zero-order valence-electron chi connectivity index (χ0n) is 14.2. The van der Waals surface area contributed by atoms with Gasteiger partial charge in [-0.15, -0.1) is 0 Å². The van der Waals surface area contributed by atoms with Crippen molar-refractivity contribution in [3.63, 3.8) is 0 Å². The van der Waals surface area contributed by atoms with E-state index in [4.69, 9.17) is 4.98 Å². The Morgan fingerprint density at radius 1 is 1.10 bits per heavy atom. The third-order valence-electron chi connectivity index (χ3n) is 3.96. The van der Waals surface area contributed by atoms with Gasteiger partial charge < -0.3 is 5.32 Å². The Morgan fingerprint density at radius 2 is 1.70 bits per heavy atom. The molecule has 0 atom stereocenters. The highest BCUT2D eigenvalue weighted by Crippen LogP contribution is 2.18. The molecule has 1 rings (SSSR count). The molecule has 3 heteroatoms. The van der Waals surface area contributed by atoms with Gasteiger partial charge in [0.1, 0.15) is 0 Å². The molecule has 0 radical (unpaired) electrons. The summed E-state index contributed by atoms with van der Waals surface area (Å²) < 4.78 is 0. The molecule has 1 heterocycles. The predicted molar refractivity (Wildman–Crippen MR) is 86.7 cm³/mol. The molecule has 0 unspecified atom stereocenters. The normalized spacial score (nSPS) is 13.0. The van der Waals surface area contributed by atoms with Gasteiger partial charge in [-0.2, -0.15) is 0 Å². The standard InChI is InChI=1S/C17H31N3/c1-8-17(5,6)20(7)13-15-11-9-10-14(19-15)12-18-16(2,3)4/h9-11,18H,8,12-13H2,1-7H3. The van der Waals surface area contributed by atoms with Crippen LogP contribution in [0.5, 0.6) is 0 Å². The van der Waals surface area contributed by atoms with E-state index in [0.29, 0.717) is 0 Å². The molecule has 114 valence electrons. The summed E-state index contributed by atoms with van der Waals surface area (Å²) in [6, 6.07) is 6.31. The third kappa shape index (κ3) is 5.59. The number of nitrogens with zero attached hydrogens (tertiary/aromatic N) is 2. The Hall–Kier alpha value is -0.930. The van der Waals surface area contributed by atoms with E-state index in [9.17, 15) is 0 Å². The number of aromatic nitrogens is 1. The lowest BCUT2D eigenvalue weighted by Crippen LogP contribution is -2.40. The molecule has 0 bridgehead atoms. The molecule has 0 spiro atoms. The highest BCUT2D eigenvalue weighted by Gasteiger charge is 2.21. The van der Waals surface area contributed by atoms with Crippen LogP contribution in [0.15, 0.2) is 18.2 Å². The lowest BCUT2D eigenvalue weighted by Gasteiger charge is -2.34. The van der Waals surface area contributed by atoms with E-state index in [-0.39, 0.29) is 11.1 Å². The smallest absolute Gasteiger partial charge is 0.0547 e. The highest BCUT2D eigenvalue weighted by molar-refractivity contribution is 5.11. The fraction of sp³-hybridized carbons (Fsp3) is 0.706. The van der Waals surface area contributed by atoms with Gasteiger partial charge in [0.15, 0.2) is 0 Å². The van der Waals surface area contributed by atoms with Gasteiger partial charge in [0.2, 0.25) is 0 Å². The molecule has 0 aliphatic heterocycles. The van der Waals surface area contributed by atoms with E-state index in [2.05, 4.69) is 77.0 Å². The summed E-state index contributed by atoms with van der Waals surface area (Å²) in [7, 11) is 2.17. The zero-order valence-corrected chi connectivity index (χ0v) is 14.2. The third-order valence-corrected chi connectivity index (χ3v) is 3.96. The van der Waals surface area contributed by atoms with Crippen molar-refractivity contribution in [2.75, 3.05) is 7.05 Å². The lowest BCUT2D eigenvalue weighted by molar-refractivity contribution is 0.141. The maximum Gasteiger partial charge on any atom is 0.0547 e. The van der Waals surface area contributed by atoms with Gasteiger partial charge in [-0.25, -0.2) is 0 Å². The Balaban J connectivity index is 2.69. The van der Waals surface area contributed by atoms with Crippen molar-refractivity contribution in [1.29, 1.82) is 0 Å². The molecule has 0 aliphatic rings. The van der Waals surface area contributed by atoms with Crippen LogP contribution in [0.2, 0.25) is 0 Å². The summed E-state index contributed by atoms with van der Waals surface area (Å²) in [5.74, 6) is 0.